The van der Waals surface area contributed by atoms with Crippen LogP contribution in [0, 0.1) is 17.1 Å². The number of hydrogen-bond acceptors (Lipinski definition) is 9. The summed E-state index contributed by atoms with van der Waals surface area (Å²) in [4.78, 5) is 57.3. The summed E-state index contributed by atoms with van der Waals surface area (Å²) in [6.45, 7) is 9.24. The first-order valence-electron chi connectivity index (χ1n) is 19.1. The number of nitrogens with one attached hydrogen (secondary N) is 3. The first-order chi connectivity index (χ1) is 27.5. The molecule has 1 unspecified atom stereocenters. The maximum absolute atomic E-state index is 14.4. The summed E-state index contributed by atoms with van der Waals surface area (Å²) in [6, 6.07) is 13.9. The Morgan fingerprint density at radius 2 is 1.66 bits per heavy atom. The van der Waals surface area contributed by atoms with E-state index >= 15 is 0 Å². The summed E-state index contributed by atoms with van der Waals surface area (Å²) in [5, 5.41) is 17.2. The highest BCUT2D eigenvalue weighted by Crippen LogP contribution is 2.40. The highest BCUT2D eigenvalue weighted by atomic mass is 32.1. The number of amides is 4. The highest BCUT2D eigenvalue weighted by molar-refractivity contribution is 7.81. The lowest BCUT2D eigenvalue weighted by Gasteiger charge is -2.34. The zero-order chi connectivity index (χ0) is 41.9. The Balaban J connectivity index is 1.00. The van der Waals surface area contributed by atoms with Crippen LogP contribution in [0.2, 0.25) is 0 Å². The third-order valence-corrected chi connectivity index (χ3v) is 11.1. The Morgan fingerprint density at radius 3 is 2.33 bits per heavy atom. The second-order valence-corrected chi connectivity index (χ2v) is 15.5. The molecule has 58 heavy (non-hydrogen) atoms. The molecule has 3 aliphatic heterocycles. The van der Waals surface area contributed by atoms with Gasteiger partial charge in [-0.2, -0.15) is 18.4 Å². The minimum Gasteiger partial charge on any atom is -0.374 e. The van der Waals surface area contributed by atoms with Crippen LogP contribution < -0.4 is 25.8 Å². The van der Waals surface area contributed by atoms with Crippen molar-refractivity contribution >= 4 is 63.7 Å². The zero-order valence-electron chi connectivity index (χ0n) is 32.3. The van der Waals surface area contributed by atoms with Gasteiger partial charge in [0.15, 0.2) is 5.11 Å². The molecule has 0 saturated carbocycles. The normalized spacial score (nSPS) is 19.0. The molecule has 0 bridgehead atoms. The Hall–Kier alpha value is -5.44. The second-order valence-electron chi connectivity index (χ2n) is 15.1. The lowest BCUT2D eigenvalue weighted by molar-refractivity contribution is -0.138. The molecule has 3 aromatic rings. The van der Waals surface area contributed by atoms with Gasteiger partial charge in [-0.3, -0.25) is 34.3 Å². The number of carbonyl (C=O) groups excluding carboxylic acids is 4. The molecular formula is C41H44F4N8O4S. The fourth-order valence-corrected chi connectivity index (χ4v) is 8.15. The molecule has 3 saturated heterocycles. The Morgan fingerprint density at radius 1 is 0.966 bits per heavy atom. The molecule has 306 valence electrons. The fraction of sp³-hybridized carbons (Fsp3) is 0.415. The van der Waals surface area contributed by atoms with Crippen LogP contribution in [0.1, 0.15) is 62.3 Å². The minimum atomic E-state index is -4.79. The van der Waals surface area contributed by atoms with Crippen LogP contribution in [0.3, 0.4) is 0 Å². The number of imide groups is 1. The van der Waals surface area contributed by atoms with E-state index in [2.05, 4.69) is 20.9 Å². The van der Waals surface area contributed by atoms with E-state index < -0.39 is 46.5 Å². The molecular weight excluding hydrogens is 777 g/mol. The van der Waals surface area contributed by atoms with Crippen molar-refractivity contribution in [1.82, 2.24) is 15.1 Å². The molecule has 12 nitrogen and oxygen atoms in total. The largest absolute Gasteiger partial charge is 0.417 e. The van der Waals surface area contributed by atoms with Gasteiger partial charge in [-0.15, -0.1) is 0 Å². The zero-order valence-corrected chi connectivity index (χ0v) is 33.2. The van der Waals surface area contributed by atoms with Crippen LogP contribution in [0.5, 0.6) is 0 Å². The van der Waals surface area contributed by atoms with Gasteiger partial charge in [0, 0.05) is 49.7 Å². The van der Waals surface area contributed by atoms with E-state index in [0.29, 0.717) is 30.9 Å². The number of aryl methyl sites for hydroxylation is 2. The number of nitrogens with zero attached hydrogens (tertiary/aromatic N) is 5. The lowest BCUT2D eigenvalue weighted by Crippen LogP contribution is -2.48. The van der Waals surface area contributed by atoms with Gasteiger partial charge >= 0.3 is 6.18 Å². The Labute approximate surface area is 339 Å². The van der Waals surface area contributed by atoms with E-state index in [-0.39, 0.29) is 47.7 Å². The molecule has 0 spiro atoms. The van der Waals surface area contributed by atoms with E-state index in [1.807, 2.05) is 30.0 Å². The smallest absolute Gasteiger partial charge is 0.374 e. The molecule has 17 heteroatoms. The van der Waals surface area contributed by atoms with Gasteiger partial charge in [-0.05, 0) is 118 Å². The van der Waals surface area contributed by atoms with Crippen LogP contribution >= 0.6 is 12.2 Å². The van der Waals surface area contributed by atoms with Crippen molar-refractivity contribution < 1.29 is 36.7 Å². The molecule has 0 aliphatic carbocycles. The van der Waals surface area contributed by atoms with Crippen molar-refractivity contribution in [3.8, 4) is 6.07 Å². The van der Waals surface area contributed by atoms with Crippen molar-refractivity contribution in [1.29, 1.82) is 5.26 Å². The monoisotopic (exact) mass is 820 g/mol. The number of thiocarbonyl (C=S) groups is 1. The average molecular weight is 821 g/mol. The maximum atomic E-state index is 14.4. The summed E-state index contributed by atoms with van der Waals surface area (Å²) < 4.78 is 55.7. The van der Waals surface area contributed by atoms with Crippen molar-refractivity contribution in [2.24, 2.45) is 0 Å². The van der Waals surface area contributed by atoms with Crippen LogP contribution in [-0.4, -0.2) is 89.4 Å². The molecule has 3 aromatic carbocycles. The highest BCUT2D eigenvalue weighted by Gasteiger charge is 2.51. The number of benzene rings is 3. The van der Waals surface area contributed by atoms with Crippen molar-refractivity contribution in [3.05, 3.63) is 82.7 Å². The number of halogens is 4. The van der Waals surface area contributed by atoms with Crippen molar-refractivity contribution in [2.45, 2.75) is 70.6 Å². The van der Waals surface area contributed by atoms with Gasteiger partial charge in [0.05, 0.1) is 29.4 Å². The van der Waals surface area contributed by atoms with Gasteiger partial charge in [0.2, 0.25) is 17.7 Å². The van der Waals surface area contributed by atoms with Crippen LogP contribution in [-0.2, 0) is 38.2 Å². The summed E-state index contributed by atoms with van der Waals surface area (Å²) in [5.41, 5.74) is 0.492. The summed E-state index contributed by atoms with van der Waals surface area (Å²) in [7, 11) is 0. The third kappa shape index (κ3) is 9.30. The van der Waals surface area contributed by atoms with Gasteiger partial charge < -0.3 is 20.4 Å². The van der Waals surface area contributed by atoms with E-state index in [4.69, 9.17) is 12.2 Å². The number of alkyl halides is 3. The van der Waals surface area contributed by atoms with Crippen molar-refractivity contribution in [2.75, 3.05) is 59.7 Å². The van der Waals surface area contributed by atoms with Gasteiger partial charge in [0.25, 0.3) is 5.91 Å². The van der Waals surface area contributed by atoms with Crippen LogP contribution in [0.4, 0.5) is 40.3 Å². The molecule has 3 N–H and O–H groups in total. The van der Waals surface area contributed by atoms with Crippen molar-refractivity contribution in [3.63, 3.8) is 0 Å². The third-order valence-electron chi connectivity index (χ3n) is 10.7. The SMILES string of the molecule is CCc1cc(N2C(=S)N(c3ccc(C#N)c(C(F)(F)F)c3)C(=O)C2(C)C)ccc1CCCN1CCN(CC(=O)Nc2cc(F)cc(NC3CCC(=O)NC3=O)c2)CC1. The first kappa shape index (κ1) is 42.2. The van der Waals surface area contributed by atoms with E-state index in [0.717, 1.165) is 60.6 Å². The Bertz CT molecular complexity index is 2170. The lowest BCUT2D eigenvalue weighted by atomic mass is 9.97. The number of piperazine rings is 1. The molecule has 3 heterocycles. The topological polar surface area (TPSA) is 141 Å². The second kappa shape index (κ2) is 17.2. The van der Waals surface area contributed by atoms with Gasteiger partial charge in [-0.1, -0.05) is 13.0 Å². The fourth-order valence-electron chi connectivity index (χ4n) is 7.63. The number of carbonyl (C=O) groups is 4. The average Bonchev–Trinajstić information content (AvgIpc) is 3.34. The summed E-state index contributed by atoms with van der Waals surface area (Å²) in [6.07, 6.45) is -1.95. The predicted octanol–water partition coefficient (Wildman–Crippen LogP) is 5.60. The van der Waals surface area contributed by atoms with E-state index in [1.165, 1.54) is 18.2 Å². The Kier molecular flexibility index (Phi) is 12.5. The summed E-state index contributed by atoms with van der Waals surface area (Å²) in [5.74, 6) is -2.19. The molecule has 1 atom stereocenters. The first-order valence-corrected chi connectivity index (χ1v) is 19.5. The summed E-state index contributed by atoms with van der Waals surface area (Å²) >= 11 is 5.72. The molecule has 6 rings (SSSR count). The van der Waals surface area contributed by atoms with Gasteiger partial charge in [-0.25, -0.2) is 4.39 Å². The number of piperidine rings is 1. The van der Waals surface area contributed by atoms with Crippen LogP contribution in [0.15, 0.2) is 54.6 Å². The van der Waals surface area contributed by atoms with Crippen LogP contribution in [0.25, 0.3) is 0 Å². The van der Waals surface area contributed by atoms with E-state index in [9.17, 15) is 42.0 Å². The number of anilines is 4. The molecule has 4 amide bonds. The molecule has 3 fully saturated rings. The number of hydrogen-bond donors (Lipinski definition) is 3. The quantitative estimate of drug-likeness (QED) is 0.120. The molecule has 0 aromatic heterocycles. The predicted molar refractivity (Wildman–Crippen MR) is 215 cm³/mol. The number of rotatable bonds is 12. The van der Waals surface area contributed by atoms with E-state index in [1.54, 1.807) is 30.9 Å². The maximum Gasteiger partial charge on any atom is 0.417 e. The minimum absolute atomic E-state index is 0.0432. The molecule has 0 radical (unpaired) electrons. The van der Waals surface area contributed by atoms with Gasteiger partial charge in [0.1, 0.15) is 17.4 Å². The standard InChI is InChI=1S/C41H44F4N8O4S/c1-4-25-18-32(53-39(58)52(38(57)40(53,2)3)31-9-8-27(23-46)33(22-31)41(43,44)45)10-7-26(25)6-5-13-50-14-16-51(17-15-50)24-36(55)48-30-20-28(42)19-29(21-30)47-34-11-12-35(54)49-37(34)56/h7-10,18-22,34,47H,4-6,11-17,24H2,1-3H3,(H,48,55)(H,49,54,56). The molecule has 3 aliphatic rings. The number of nitriles is 1.